The van der Waals surface area contributed by atoms with Gasteiger partial charge in [-0.3, -0.25) is 4.79 Å². The van der Waals surface area contributed by atoms with E-state index in [0.717, 1.165) is 4.88 Å². The van der Waals surface area contributed by atoms with Crippen LogP contribution in [0.25, 0.3) is 0 Å². The van der Waals surface area contributed by atoms with Crippen LogP contribution in [0.15, 0.2) is 17.5 Å². The molecular weight excluding hydrogens is 240 g/mol. The molecular formula is C11H16N2O3S. The lowest BCUT2D eigenvalue weighted by atomic mass is 10.2. The number of rotatable bonds is 6. The van der Waals surface area contributed by atoms with Crippen LogP contribution in [0.3, 0.4) is 0 Å². The molecule has 94 valence electrons. The lowest BCUT2D eigenvalue weighted by Gasteiger charge is -2.14. The molecule has 1 aromatic rings. The van der Waals surface area contributed by atoms with Gasteiger partial charge in [-0.05, 0) is 18.5 Å². The van der Waals surface area contributed by atoms with E-state index in [2.05, 4.69) is 15.4 Å². The van der Waals surface area contributed by atoms with Crippen LogP contribution in [0.5, 0.6) is 0 Å². The van der Waals surface area contributed by atoms with Crippen LogP contribution in [0, 0.1) is 0 Å². The van der Waals surface area contributed by atoms with Gasteiger partial charge in [0.15, 0.2) is 6.04 Å². The molecule has 2 N–H and O–H groups in total. The first-order valence-electron chi connectivity index (χ1n) is 5.24. The molecule has 17 heavy (non-hydrogen) atoms. The maximum Gasteiger partial charge on any atom is 0.333 e. The monoisotopic (exact) mass is 256 g/mol. The molecule has 0 aliphatic carbocycles. The van der Waals surface area contributed by atoms with Gasteiger partial charge in [0.25, 0.3) is 0 Å². The smallest absolute Gasteiger partial charge is 0.333 e. The van der Waals surface area contributed by atoms with Crippen molar-refractivity contribution in [3.63, 3.8) is 0 Å². The Kier molecular flexibility index (Phi) is 5.65. The molecule has 0 aromatic carbocycles. The highest BCUT2D eigenvalue weighted by Gasteiger charge is 2.23. The van der Waals surface area contributed by atoms with Gasteiger partial charge in [-0.15, -0.1) is 11.3 Å². The minimum atomic E-state index is -0.704. The van der Waals surface area contributed by atoms with Gasteiger partial charge in [-0.25, -0.2) is 4.79 Å². The quantitative estimate of drug-likeness (QED) is 0.735. The van der Waals surface area contributed by atoms with Crippen molar-refractivity contribution in [1.82, 2.24) is 10.6 Å². The lowest BCUT2D eigenvalue weighted by molar-refractivity contribution is -0.145. The van der Waals surface area contributed by atoms with E-state index in [1.54, 1.807) is 13.1 Å². The lowest BCUT2D eigenvalue weighted by Crippen LogP contribution is -2.35. The molecule has 1 aromatic heterocycles. The van der Waals surface area contributed by atoms with E-state index in [-0.39, 0.29) is 5.91 Å². The average Bonchev–Trinajstić information content (AvgIpc) is 2.86. The molecule has 0 fully saturated rings. The minimum Gasteiger partial charge on any atom is -0.467 e. The van der Waals surface area contributed by atoms with E-state index in [9.17, 15) is 9.59 Å². The number of nitrogens with one attached hydrogen (secondary N) is 2. The summed E-state index contributed by atoms with van der Waals surface area (Å²) in [5.41, 5.74) is 0. The van der Waals surface area contributed by atoms with Gasteiger partial charge in [0.2, 0.25) is 5.91 Å². The fraction of sp³-hybridized carbons (Fsp3) is 0.455. The Bertz CT molecular complexity index is 365. The van der Waals surface area contributed by atoms with Crippen LogP contribution in [0.4, 0.5) is 0 Å². The molecule has 6 heteroatoms. The number of amides is 1. The summed E-state index contributed by atoms with van der Waals surface area (Å²) < 4.78 is 4.68. The highest BCUT2D eigenvalue weighted by molar-refractivity contribution is 7.10. The summed E-state index contributed by atoms with van der Waals surface area (Å²) in [4.78, 5) is 23.9. The van der Waals surface area contributed by atoms with Gasteiger partial charge < -0.3 is 15.4 Å². The average molecular weight is 256 g/mol. The summed E-state index contributed by atoms with van der Waals surface area (Å²) in [5, 5.41) is 7.39. The van der Waals surface area contributed by atoms with Crippen LogP contribution in [-0.4, -0.2) is 32.6 Å². The summed E-state index contributed by atoms with van der Waals surface area (Å²) in [6, 6.07) is 2.92. The molecule has 0 spiro atoms. The Morgan fingerprint density at radius 2 is 2.29 bits per heavy atom. The van der Waals surface area contributed by atoms with E-state index in [4.69, 9.17) is 0 Å². The normalized spacial score (nSPS) is 11.9. The first-order valence-corrected chi connectivity index (χ1v) is 6.12. The second-order valence-electron chi connectivity index (χ2n) is 3.39. The van der Waals surface area contributed by atoms with Crippen LogP contribution in [0.1, 0.15) is 17.3 Å². The van der Waals surface area contributed by atoms with Crippen molar-refractivity contribution in [2.24, 2.45) is 0 Å². The summed E-state index contributed by atoms with van der Waals surface area (Å²) in [5.74, 6) is -0.631. The Morgan fingerprint density at radius 1 is 1.53 bits per heavy atom. The van der Waals surface area contributed by atoms with Crippen molar-refractivity contribution in [2.45, 2.75) is 12.5 Å². The van der Waals surface area contributed by atoms with Gasteiger partial charge in [0, 0.05) is 17.8 Å². The number of ether oxygens (including phenoxy) is 1. The summed E-state index contributed by atoms with van der Waals surface area (Å²) in [7, 11) is 3.08. The second kappa shape index (κ2) is 7.03. The maximum absolute atomic E-state index is 11.6. The van der Waals surface area contributed by atoms with Crippen LogP contribution < -0.4 is 10.6 Å². The van der Waals surface area contributed by atoms with Gasteiger partial charge in [0.1, 0.15) is 0 Å². The summed E-state index contributed by atoms with van der Waals surface area (Å²) in [6.07, 6.45) is 0.329. The van der Waals surface area contributed by atoms with Gasteiger partial charge in [0.05, 0.1) is 7.11 Å². The minimum absolute atomic E-state index is 0.178. The summed E-state index contributed by atoms with van der Waals surface area (Å²) in [6.45, 7) is 0.574. The number of hydrogen-bond acceptors (Lipinski definition) is 5. The Hall–Kier alpha value is -1.40. The Balaban J connectivity index is 2.65. The zero-order chi connectivity index (χ0) is 12.7. The molecule has 1 rings (SSSR count). The summed E-state index contributed by atoms with van der Waals surface area (Å²) >= 11 is 1.41. The zero-order valence-electron chi connectivity index (χ0n) is 9.86. The van der Waals surface area contributed by atoms with Gasteiger partial charge >= 0.3 is 5.97 Å². The molecule has 0 aliphatic rings. The predicted molar refractivity (Wildman–Crippen MR) is 65.8 cm³/mol. The third-order valence-electron chi connectivity index (χ3n) is 2.17. The fourth-order valence-electron chi connectivity index (χ4n) is 1.29. The third kappa shape index (κ3) is 4.16. The van der Waals surface area contributed by atoms with E-state index in [0.29, 0.717) is 13.0 Å². The fourth-order valence-corrected chi connectivity index (χ4v) is 2.05. The number of hydrogen-bond donors (Lipinski definition) is 2. The first-order chi connectivity index (χ1) is 8.19. The highest BCUT2D eigenvalue weighted by Crippen LogP contribution is 2.20. The number of thiophene rings is 1. The van der Waals surface area contributed by atoms with Gasteiger partial charge in [-0.1, -0.05) is 6.07 Å². The Morgan fingerprint density at radius 3 is 2.82 bits per heavy atom. The van der Waals surface area contributed by atoms with Crippen molar-refractivity contribution >= 4 is 23.2 Å². The number of esters is 1. The predicted octanol–water partition coefficient (Wildman–Crippen LogP) is 0.688. The number of carbonyl (C=O) groups is 2. The molecule has 1 atom stereocenters. The third-order valence-corrected chi connectivity index (χ3v) is 3.11. The molecule has 1 unspecified atom stereocenters. The van der Waals surface area contributed by atoms with Crippen LogP contribution in [0.2, 0.25) is 0 Å². The number of methoxy groups -OCH3 is 1. The van der Waals surface area contributed by atoms with Crippen molar-refractivity contribution in [3.8, 4) is 0 Å². The van der Waals surface area contributed by atoms with E-state index in [1.807, 2.05) is 11.4 Å². The SMILES string of the molecule is CNCCC(=O)NC(C(=O)OC)c1cccs1. The molecule has 0 aliphatic heterocycles. The molecule has 1 amide bonds. The van der Waals surface area contributed by atoms with E-state index < -0.39 is 12.0 Å². The highest BCUT2D eigenvalue weighted by atomic mass is 32.1. The second-order valence-corrected chi connectivity index (χ2v) is 4.37. The molecule has 0 saturated heterocycles. The molecule has 1 heterocycles. The molecule has 0 bridgehead atoms. The largest absolute Gasteiger partial charge is 0.467 e. The van der Waals surface area contributed by atoms with Crippen molar-refractivity contribution in [3.05, 3.63) is 22.4 Å². The van der Waals surface area contributed by atoms with Crippen molar-refractivity contribution in [2.75, 3.05) is 20.7 Å². The van der Waals surface area contributed by atoms with Crippen LogP contribution in [-0.2, 0) is 14.3 Å². The number of carbonyl (C=O) groups excluding carboxylic acids is 2. The van der Waals surface area contributed by atoms with E-state index in [1.165, 1.54) is 18.4 Å². The zero-order valence-corrected chi connectivity index (χ0v) is 10.7. The first kappa shape index (κ1) is 13.7. The topological polar surface area (TPSA) is 67.4 Å². The van der Waals surface area contributed by atoms with Gasteiger partial charge in [-0.2, -0.15) is 0 Å². The van der Waals surface area contributed by atoms with E-state index >= 15 is 0 Å². The molecule has 0 saturated carbocycles. The van der Waals surface area contributed by atoms with Crippen molar-refractivity contribution in [1.29, 1.82) is 0 Å². The Labute approximate surface area is 104 Å². The maximum atomic E-state index is 11.6. The molecule has 5 nitrogen and oxygen atoms in total. The molecule has 0 radical (unpaired) electrons. The van der Waals surface area contributed by atoms with Crippen molar-refractivity contribution < 1.29 is 14.3 Å². The van der Waals surface area contributed by atoms with Crippen LogP contribution >= 0.6 is 11.3 Å². The standard InChI is InChI=1S/C11H16N2O3S/c1-12-6-5-9(14)13-10(11(15)16-2)8-4-3-7-17-8/h3-4,7,10,12H,5-6H2,1-2H3,(H,13,14).